The Hall–Kier alpha value is -0.870. The monoisotopic (exact) mass is 234 g/mol. The number of aromatic nitrogens is 2. The van der Waals surface area contributed by atoms with Crippen molar-refractivity contribution in [3.05, 3.63) is 18.2 Å². The standard InChI is InChI=1S/C13H22N4/c14-5-6-16-8-12(15-10-16)9-17(13-3-4-13)7-11-1-2-11/h8,10-11,13H,1-7,9,14H2. The lowest BCUT2D eigenvalue weighted by molar-refractivity contribution is 0.241. The van der Waals surface area contributed by atoms with Crippen LogP contribution in [0.5, 0.6) is 0 Å². The first-order valence-electron chi connectivity index (χ1n) is 6.80. The summed E-state index contributed by atoms with van der Waals surface area (Å²) in [5.41, 5.74) is 6.74. The molecule has 0 aromatic carbocycles. The van der Waals surface area contributed by atoms with Gasteiger partial charge in [-0.15, -0.1) is 0 Å². The first-order valence-corrected chi connectivity index (χ1v) is 6.80. The van der Waals surface area contributed by atoms with Crippen molar-refractivity contribution in [3.8, 4) is 0 Å². The maximum atomic E-state index is 5.54. The number of hydrogen-bond acceptors (Lipinski definition) is 3. The fraction of sp³-hybridized carbons (Fsp3) is 0.769. The van der Waals surface area contributed by atoms with E-state index in [4.69, 9.17) is 5.73 Å². The fourth-order valence-electron chi connectivity index (χ4n) is 2.38. The first kappa shape index (κ1) is 11.2. The van der Waals surface area contributed by atoms with Gasteiger partial charge >= 0.3 is 0 Å². The Labute approximate surface area is 103 Å². The largest absolute Gasteiger partial charge is 0.336 e. The number of rotatable bonds is 7. The van der Waals surface area contributed by atoms with E-state index in [0.717, 1.165) is 25.0 Å². The zero-order valence-corrected chi connectivity index (χ0v) is 10.4. The SMILES string of the molecule is NCCn1cnc(CN(CC2CC2)C2CC2)c1. The molecule has 2 saturated carbocycles. The predicted octanol–water partition coefficient (Wildman–Crippen LogP) is 1.22. The van der Waals surface area contributed by atoms with Crippen molar-refractivity contribution in [2.45, 2.75) is 44.8 Å². The first-order chi connectivity index (χ1) is 8.35. The highest BCUT2D eigenvalue weighted by molar-refractivity contribution is 5.00. The lowest BCUT2D eigenvalue weighted by Crippen LogP contribution is -2.28. The zero-order chi connectivity index (χ0) is 11.7. The molecule has 1 aromatic rings. The molecule has 2 aliphatic rings. The van der Waals surface area contributed by atoms with Crippen molar-refractivity contribution in [1.29, 1.82) is 0 Å². The Morgan fingerprint density at radius 3 is 2.82 bits per heavy atom. The molecule has 1 heterocycles. The Kier molecular flexibility index (Phi) is 3.16. The second-order valence-corrected chi connectivity index (χ2v) is 5.50. The molecule has 4 nitrogen and oxygen atoms in total. The van der Waals surface area contributed by atoms with Crippen LogP contribution in [0.3, 0.4) is 0 Å². The van der Waals surface area contributed by atoms with Gasteiger partial charge < -0.3 is 10.3 Å². The molecular formula is C13H22N4. The fourth-order valence-corrected chi connectivity index (χ4v) is 2.38. The number of nitrogens with two attached hydrogens (primary N) is 1. The second kappa shape index (κ2) is 4.78. The average Bonchev–Trinajstić information content (AvgIpc) is 3.20. The molecule has 2 fully saturated rings. The summed E-state index contributed by atoms with van der Waals surface area (Å²) in [7, 11) is 0. The van der Waals surface area contributed by atoms with Gasteiger partial charge in [-0.05, 0) is 31.6 Å². The van der Waals surface area contributed by atoms with Crippen molar-refractivity contribution in [1.82, 2.24) is 14.5 Å². The Bertz CT molecular complexity index is 365. The number of imidazole rings is 1. The molecule has 17 heavy (non-hydrogen) atoms. The van der Waals surface area contributed by atoms with Gasteiger partial charge in [-0.3, -0.25) is 4.90 Å². The maximum absolute atomic E-state index is 5.54. The van der Waals surface area contributed by atoms with Crippen LogP contribution in [0.25, 0.3) is 0 Å². The lowest BCUT2D eigenvalue weighted by atomic mass is 10.3. The van der Waals surface area contributed by atoms with Crippen molar-refractivity contribution in [2.24, 2.45) is 11.7 Å². The molecule has 4 heteroatoms. The van der Waals surface area contributed by atoms with Crippen LogP contribution in [0.15, 0.2) is 12.5 Å². The molecule has 0 bridgehead atoms. The van der Waals surface area contributed by atoms with Gasteiger partial charge in [0.25, 0.3) is 0 Å². The minimum absolute atomic E-state index is 0.685. The third-order valence-corrected chi connectivity index (χ3v) is 3.69. The van der Waals surface area contributed by atoms with Gasteiger partial charge in [-0.2, -0.15) is 0 Å². The van der Waals surface area contributed by atoms with Gasteiger partial charge in [-0.1, -0.05) is 0 Å². The maximum Gasteiger partial charge on any atom is 0.0950 e. The van der Waals surface area contributed by atoms with Gasteiger partial charge in [-0.25, -0.2) is 4.98 Å². The summed E-state index contributed by atoms with van der Waals surface area (Å²) < 4.78 is 2.09. The minimum atomic E-state index is 0.685. The van der Waals surface area contributed by atoms with E-state index in [-0.39, 0.29) is 0 Å². The molecule has 94 valence electrons. The summed E-state index contributed by atoms with van der Waals surface area (Å²) in [6, 6.07) is 0.843. The van der Waals surface area contributed by atoms with Crippen molar-refractivity contribution < 1.29 is 0 Å². The van der Waals surface area contributed by atoms with Crippen LogP contribution in [0, 0.1) is 5.92 Å². The van der Waals surface area contributed by atoms with Crippen LogP contribution in [-0.4, -0.2) is 33.6 Å². The third kappa shape index (κ3) is 3.07. The van der Waals surface area contributed by atoms with E-state index in [1.165, 1.54) is 37.9 Å². The van der Waals surface area contributed by atoms with Crippen LogP contribution in [-0.2, 0) is 13.1 Å². The highest BCUT2D eigenvalue weighted by Crippen LogP contribution is 2.35. The third-order valence-electron chi connectivity index (χ3n) is 3.69. The van der Waals surface area contributed by atoms with Crippen LogP contribution in [0.4, 0.5) is 0 Å². The second-order valence-electron chi connectivity index (χ2n) is 5.50. The Morgan fingerprint density at radius 1 is 1.35 bits per heavy atom. The zero-order valence-electron chi connectivity index (χ0n) is 10.4. The highest BCUT2D eigenvalue weighted by Gasteiger charge is 2.33. The number of nitrogens with zero attached hydrogens (tertiary/aromatic N) is 3. The van der Waals surface area contributed by atoms with Gasteiger partial charge in [0.15, 0.2) is 0 Å². The van der Waals surface area contributed by atoms with Crippen molar-refractivity contribution in [2.75, 3.05) is 13.1 Å². The van der Waals surface area contributed by atoms with E-state index < -0.39 is 0 Å². The molecule has 2 aliphatic carbocycles. The molecule has 0 atom stereocenters. The van der Waals surface area contributed by atoms with Gasteiger partial charge in [0.05, 0.1) is 12.0 Å². The molecule has 0 spiro atoms. The summed E-state index contributed by atoms with van der Waals surface area (Å²) in [5.74, 6) is 0.974. The molecule has 0 radical (unpaired) electrons. The minimum Gasteiger partial charge on any atom is -0.336 e. The Balaban J connectivity index is 1.57. The van der Waals surface area contributed by atoms with Crippen LogP contribution in [0.2, 0.25) is 0 Å². The summed E-state index contributed by atoms with van der Waals surface area (Å²) in [4.78, 5) is 7.11. The van der Waals surface area contributed by atoms with Crippen molar-refractivity contribution >= 4 is 0 Å². The molecule has 2 N–H and O–H groups in total. The summed E-state index contributed by atoms with van der Waals surface area (Å²) in [6.45, 7) is 3.87. The van der Waals surface area contributed by atoms with Crippen LogP contribution >= 0.6 is 0 Å². The van der Waals surface area contributed by atoms with E-state index in [1.54, 1.807) is 0 Å². The van der Waals surface area contributed by atoms with Crippen LogP contribution in [0.1, 0.15) is 31.4 Å². The van der Waals surface area contributed by atoms with Gasteiger partial charge in [0.1, 0.15) is 0 Å². The molecule has 1 aromatic heterocycles. The lowest BCUT2D eigenvalue weighted by Gasteiger charge is -2.20. The van der Waals surface area contributed by atoms with E-state index in [0.29, 0.717) is 6.54 Å². The van der Waals surface area contributed by atoms with E-state index >= 15 is 0 Å². The van der Waals surface area contributed by atoms with Gasteiger partial charge in [0, 0.05) is 38.4 Å². The number of hydrogen-bond donors (Lipinski definition) is 1. The normalized spacial score (nSPS) is 20.1. The molecular weight excluding hydrogens is 212 g/mol. The molecule has 0 unspecified atom stereocenters. The van der Waals surface area contributed by atoms with E-state index in [1.807, 2.05) is 6.33 Å². The van der Waals surface area contributed by atoms with Crippen molar-refractivity contribution in [3.63, 3.8) is 0 Å². The summed E-state index contributed by atoms with van der Waals surface area (Å²) in [6.07, 6.45) is 9.70. The smallest absolute Gasteiger partial charge is 0.0950 e. The van der Waals surface area contributed by atoms with E-state index in [2.05, 4.69) is 20.6 Å². The summed E-state index contributed by atoms with van der Waals surface area (Å²) >= 11 is 0. The molecule has 0 amide bonds. The van der Waals surface area contributed by atoms with Gasteiger partial charge in [0.2, 0.25) is 0 Å². The topological polar surface area (TPSA) is 47.1 Å². The average molecular weight is 234 g/mol. The molecule has 3 rings (SSSR count). The quantitative estimate of drug-likeness (QED) is 0.771. The highest BCUT2D eigenvalue weighted by atomic mass is 15.2. The van der Waals surface area contributed by atoms with E-state index in [9.17, 15) is 0 Å². The predicted molar refractivity (Wildman–Crippen MR) is 67.4 cm³/mol. The Morgan fingerprint density at radius 2 is 2.18 bits per heavy atom. The molecule has 0 saturated heterocycles. The molecule has 0 aliphatic heterocycles. The van der Waals surface area contributed by atoms with Crippen LogP contribution < -0.4 is 5.73 Å². The summed E-state index contributed by atoms with van der Waals surface area (Å²) in [5, 5.41) is 0.